The molecule has 6 atom stereocenters. The third-order valence-electron chi connectivity index (χ3n) is 6.90. The lowest BCUT2D eigenvalue weighted by molar-refractivity contribution is -0.141. The zero-order valence-electron chi connectivity index (χ0n) is 16.3. The van der Waals surface area contributed by atoms with Crippen LogP contribution in [0.25, 0.3) is 0 Å². The molecule has 3 fully saturated rings. The van der Waals surface area contributed by atoms with E-state index in [1.165, 1.54) is 4.90 Å². The van der Waals surface area contributed by atoms with Crippen molar-refractivity contribution in [1.82, 2.24) is 25.3 Å². The second-order valence-electron chi connectivity index (χ2n) is 8.44. The molecular weight excluding hydrogens is 394 g/mol. The number of imide groups is 1. The topological polar surface area (TPSA) is 96.3 Å². The van der Waals surface area contributed by atoms with Crippen LogP contribution in [0.3, 0.4) is 0 Å². The summed E-state index contributed by atoms with van der Waals surface area (Å²) in [4.78, 5) is 39.5. The highest BCUT2D eigenvalue weighted by molar-refractivity contribution is 6.06. The standard InChI is InChI=1S/C20H25N5O3.ClH/c1-24-10-13(7-23-24)14-8-21-9-15(14)18(26)22-4-5-25-19(27)16-11-2-3-12(6-11)17(16)20(25)28;/h2-3,7,10-12,14-17,21H,4-6,8-9H2,1H3,(H,22,26);1H/t11?,12?,14-,15+,16?,17?;/m1./s1. The lowest BCUT2D eigenvalue weighted by Crippen LogP contribution is -2.42. The molecule has 2 aliphatic carbocycles. The summed E-state index contributed by atoms with van der Waals surface area (Å²) in [7, 11) is 1.86. The zero-order chi connectivity index (χ0) is 19.4. The van der Waals surface area contributed by atoms with Gasteiger partial charge in [-0.2, -0.15) is 5.10 Å². The number of aryl methyl sites for hydroxylation is 1. The Kier molecular flexibility index (Phi) is 5.25. The molecule has 8 nitrogen and oxygen atoms in total. The average Bonchev–Trinajstić information content (AvgIpc) is 3.47. The highest BCUT2D eigenvalue weighted by Crippen LogP contribution is 2.52. The molecule has 2 saturated heterocycles. The van der Waals surface area contributed by atoms with Gasteiger partial charge in [0.1, 0.15) is 0 Å². The minimum absolute atomic E-state index is 0. The summed E-state index contributed by atoms with van der Waals surface area (Å²) in [6.45, 7) is 1.92. The molecule has 5 rings (SSSR count). The molecule has 1 saturated carbocycles. The fraction of sp³-hybridized carbons (Fsp3) is 0.600. The van der Waals surface area contributed by atoms with E-state index in [9.17, 15) is 14.4 Å². The fourth-order valence-electron chi connectivity index (χ4n) is 5.54. The number of halogens is 1. The van der Waals surface area contributed by atoms with Crippen LogP contribution in [-0.4, -0.2) is 58.6 Å². The van der Waals surface area contributed by atoms with E-state index < -0.39 is 0 Å². The van der Waals surface area contributed by atoms with Gasteiger partial charge in [0, 0.05) is 45.3 Å². The highest BCUT2D eigenvalue weighted by Gasteiger charge is 2.59. The maximum atomic E-state index is 12.7. The Hall–Kier alpha value is -2.19. The van der Waals surface area contributed by atoms with Crippen molar-refractivity contribution in [3.8, 4) is 0 Å². The van der Waals surface area contributed by atoms with Gasteiger partial charge in [-0.3, -0.25) is 24.0 Å². The summed E-state index contributed by atoms with van der Waals surface area (Å²) in [5.74, 6) is -0.155. The number of carbonyl (C=O) groups is 3. The van der Waals surface area contributed by atoms with E-state index in [0.29, 0.717) is 13.1 Å². The van der Waals surface area contributed by atoms with E-state index in [0.717, 1.165) is 18.5 Å². The van der Waals surface area contributed by atoms with Gasteiger partial charge in [0.2, 0.25) is 17.7 Å². The summed E-state index contributed by atoms with van der Waals surface area (Å²) < 4.78 is 1.74. The number of amides is 3. The summed E-state index contributed by atoms with van der Waals surface area (Å²) in [5.41, 5.74) is 1.05. The number of nitrogens with zero attached hydrogens (tertiary/aromatic N) is 3. The predicted octanol–water partition coefficient (Wildman–Crippen LogP) is 0.0682. The SMILES string of the molecule is Cl.Cn1cc([C@H]2CNC[C@@H]2C(=O)NCCN2C(=O)C3C4C=CC(C4)C3C2=O)cn1. The van der Waals surface area contributed by atoms with Crippen molar-refractivity contribution < 1.29 is 14.4 Å². The Morgan fingerprint density at radius 3 is 2.52 bits per heavy atom. The maximum Gasteiger partial charge on any atom is 0.233 e. The van der Waals surface area contributed by atoms with Crippen molar-refractivity contribution in [1.29, 1.82) is 0 Å². The predicted molar refractivity (Wildman–Crippen MR) is 107 cm³/mol. The van der Waals surface area contributed by atoms with Gasteiger partial charge < -0.3 is 10.6 Å². The van der Waals surface area contributed by atoms with Crippen LogP contribution in [-0.2, 0) is 21.4 Å². The molecule has 4 unspecified atom stereocenters. The second kappa shape index (κ2) is 7.57. The molecule has 1 aromatic heterocycles. The van der Waals surface area contributed by atoms with Gasteiger partial charge in [-0.1, -0.05) is 12.2 Å². The van der Waals surface area contributed by atoms with Gasteiger partial charge in [0.05, 0.1) is 24.0 Å². The maximum absolute atomic E-state index is 12.7. The Morgan fingerprint density at radius 2 is 1.90 bits per heavy atom. The third-order valence-corrected chi connectivity index (χ3v) is 6.90. The number of likely N-dealkylation sites (tertiary alicyclic amines) is 1. The lowest BCUT2D eigenvalue weighted by atomic mass is 9.85. The third kappa shape index (κ3) is 3.18. The van der Waals surface area contributed by atoms with Crippen molar-refractivity contribution in [2.24, 2.45) is 36.6 Å². The van der Waals surface area contributed by atoms with E-state index in [4.69, 9.17) is 0 Å². The first kappa shape index (κ1) is 20.1. The van der Waals surface area contributed by atoms with Crippen molar-refractivity contribution in [3.63, 3.8) is 0 Å². The van der Waals surface area contributed by atoms with Gasteiger partial charge in [-0.15, -0.1) is 12.4 Å². The van der Waals surface area contributed by atoms with Crippen molar-refractivity contribution in [3.05, 3.63) is 30.1 Å². The molecule has 0 radical (unpaired) electrons. The molecule has 3 heterocycles. The summed E-state index contributed by atoms with van der Waals surface area (Å²) in [6, 6.07) is 0. The number of hydrogen-bond donors (Lipinski definition) is 2. The monoisotopic (exact) mass is 419 g/mol. The van der Waals surface area contributed by atoms with Crippen LogP contribution in [0.1, 0.15) is 17.9 Å². The van der Waals surface area contributed by atoms with Gasteiger partial charge in [-0.05, 0) is 23.8 Å². The first-order chi connectivity index (χ1) is 13.5. The second-order valence-corrected chi connectivity index (χ2v) is 8.44. The molecule has 0 aromatic carbocycles. The zero-order valence-corrected chi connectivity index (χ0v) is 17.1. The molecule has 2 bridgehead atoms. The summed E-state index contributed by atoms with van der Waals surface area (Å²) >= 11 is 0. The van der Waals surface area contributed by atoms with Crippen LogP contribution >= 0.6 is 12.4 Å². The quantitative estimate of drug-likeness (QED) is 0.520. The number of aromatic nitrogens is 2. The summed E-state index contributed by atoms with van der Waals surface area (Å²) in [5, 5.41) is 10.4. The molecule has 4 aliphatic rings. The van der Waals surface area contributed by atoms with Crippen molar-refractivity contribution >= 4 is 30.1 Å². The molecule has 2 N–H and O–H groups in total. The van der Waals surface area contributed by atoms with Crippen LogP contribution in [0.5, 0.6) is 0 Å². The van der Waals surface area contributed by atoms with Gasteiger partial charge in [0.25, 0.3) is 0 Å². The van der Waals surface area contributed by atoms with Gasteiger partial charge in [-0.25, -0.2) is 0 Å². The van der Waals surface area contributed by atoms with E-state index in [1.807, 2.05) is 13.2 Å². The smallest absolute Gasteiger partial charge is 0.233 e. The van der Waals surface area contributed by atoms with Crippen LogP contribution in [0.2, 0.25) is 0 Å². The first-order valence-corrected chi connectivity index (χ1v) is 10.0. The molecule has 2 aliphatic heterocycles. The minimum atomic E-state index is -0.174. The Labute approximate surface area is 175 Å². The molecule has 1 aromatic rings. The average molecular weight is 420 g/mol. The lowest BCUT2D eigenvalue weighted by Gasteiger charge is -2.20. The number of fused-ring (bicyclic) bond motifs is 5. The van der Waals surface area contributed by atoms with E-state index in [-0.39, 0.29) is 72.2 Å². The van der Waals surface area contributed by atoms with E-state index in [1.54, 1.807) is 10.9 Å². The van der Waals surface area contributed by atoms with Gasteiger partial charge in [0.15, 0.2) is 0 Å². The minimum Gasteiger partial charge on any atom is -0.354 e. The van der Waals surface area contributed by atoms with E-state index >= 15 is 0 Å². The molecule has 9 heteroatoms. The Balaban J connectivity index is 0.00000205. The number of allylic oxidation sites excluding steroid dienone is 2. The number of hydrogen-bond acceptors (Lipinski definition) is 5. The highest BCUT2D eigenvalue weighted by atomic mass is 35.5. The first-order valence-electron chi connectivity index (χ1n) is 10.0. The molecular formula is C20H26ClN5O3. The Morgan fingerprint density at radius 1 is 1.21 bits per heavy atom. The number of nitrogens with one attached hydrogen (secondary N) is 2. The number of rotatable bonds is 5. The van der Waals surface area contributed by atoms with Crippen LogP contribution in [0.15, 0.2) is 24.5 Å². The van der Waals surface area contributed by atoms with Crippen molar-refractivity contribution in [2.45, 2.75) is 12.3 Å². The molecule has 3 amide bonds. The van der Waals surface area contributed by atoms with Crippen LogP contribution in [0, 0.1) is 29.6 Å². The largest absolute Gasteiger partial charge is 0.354 e. The Bertz CT molecular complexity index is 838. The van der Waals surface area contributed by atoms with Crippen molar-refractivity contribution in [2.75, 3.05) is 26.2 Å². The molecule has 0 spiro atoms. The fourth-order valence-corrected chi connectivity index (χ4v) is 5.54. The normalized spacial score (nSPS) is 34.6. The molecule has 156 valence electrons. The summed E-state index contributed by atoms with van der Waals surface area (Å²) in [6.07, 6.45) is 8.87. The van der Waals surface area contributed by atoms with E-state index in [2.05, 4.69) is 27.9 Å². The van der Waals surface area contributed by atoms with Crippen LogP contribution in [0.4, 0.5) is 0 Å². The van der Waals surface area contributed by atoms with Gasteiger partial charge >= 0.3 is 0 Å². The van der Waals surface area contributed by atoms with Crippen LogP contribution < -0.4 is 10.6 Å². The number of carbonyl (C=O) groups excluding carboxylic acids is 3. The molecule has 29 heavy (non-hydrogen) atoms.